The molecule has 5 nitrogen and oxygen atoms in total. The molecule has 7 heteroatoms. The molecule has 1 aromatic carbocycles. The molecular weight excluding hydrogens is 320 g/mol. The monoisotopic (exact) mass is 340 g/mol. The Morgan fingerprint density at radius 3 is 2.86 bits per heavy atom. The number of methoxy groups -OCH3 is 2. The largest absolute Gasteiger partial charge is 0.493 e. The van der Waals surface area contributed by atoms with Gasteiger partial charge < -0.3 is 14.8 Å². The minimum atomic E-state index is 0.0423. The highest BCUT2D eigenvalue weighted by Gasteiger charge is 2.10. The summed E-state index contributed by atoms with van der Waals surface area (Å²) in [5.41, 5.74) is 1.10. The van der Waals surface area contributed by atoms with Crippen LogP contribution in [0.1, 0.15) is 5.56 Å². The molecule has 1 heterocycles. The molecule has 2 rings (SSSR count). The summed E-state index contributed by atoms with van der Waals surface area (Å²) in [5.74, 6) is 2.92. The van der Waals surface area contributed by atoms with Gasteiger partial charge in [-0.2, -0.15) is 0 Å². The highest BCUT2D eigenvalue weighted by Crippen LogP contribution is 2.27. The van der Waals surface area contributed by atoms with E-state index in [0.29, 0.717) is 23.8 Å². The van der Waals surface area contributed by atoms with Crippen molar-refractivity contribution in [2.24, 2.45) is 4.99 Å². The molecule has 1 aliphatic heterocycles. The molecule has 0 aromatic heterocycles. The van der Waals surface area contributed by atoms with Crippen molar-refractivity contribution >= 4 is 33.8 Å². The first-order valence-corrected chi connectivity index (χ1v) is 8.97. The van der Waals surface area contributed by atoms with Gasteiger partial charge in [0.05, 0.1) is 26.5 Å². The molecule has 0 unspecified atom stereocenters. The number of benzene rings is 1. The second-order valence-electron chi connectivity index (χ2n) is 4.57. The van der Waals surface area contributed by atoms with Crippen molar-refractivity contribution in [3.05, 3.63) is 23.8 Å². The van der Waals surface area contributed by atoms with E-state index >= 15 is 0 Å². The van der Waals surface area contributed by atoms with Crippen molar-refractivity contribution in [2.45, 2.75) is 6.42 Å². The van der Waals surface area contributed by atoms with Crippen molar-refractivity contribution in [1.82, 2.24) is 5.32 Å². The number of hydrogen-bond acceptors (Lipinski definition) is 6. The zero-order valence-electron chi connectivity index (χ0n) is 12.8. The summed E-state index contributed by atoms with van der Waals surface area (Å²) in [5, 5.41) is 2.93. The predicted octanol–water partition coefficient (Wildman–Crippen LogP) is 2.20. The molecule has 0 radical (unpaired) electrons. The van der Waals surface area contributed by atoms with Crippen LogP contribution >= 0.6 is 23.5 Å². The first kappa shape index (κ1) is 17.0. The molecule has 120 valence electrons. The molecule has 22 heavy (non-hydrogen) atoms. The highest BCUT2D eigenvalue weighted by molar-refractivity contribution is 8.39. The average Bonchev–Trinajstić information content (AvgIpc) is 3.06. The quantitative estimate of drug-likeness (QED) is 0.824. The van der Waals surface area contributed by atoms with E-state index in [9.17, 15) is 4.79 Å². The lowest BCUT2D eigenvalue weighted by Crippen LogP contribution is -2.27. The summed E-state index contributed by atoms with van der Waals surface area (Å²) in [4.78, 5) is 16.1. The third-order valence-electron chi connectivity index (χ3n) is 3.07. The molecular formula is C15H20N2O3S2. The van der Waals surface area contributed by atoms with Crippen LogP contribution in [-0.2, 0) is 11.2 Å². The minimum absolute atomic E-state index is 0.0423. The molecule has 0 fully saturated rings. The van der Waals surface area contributed by atoms with Crippen LogP contribution in [0.15, 0.2) is 23.2 Å². The van der Waals surface area contributed by atoms with Crippen LogP contribution in [0.4, 0.5) is 0 Å². The molecule has 1 aliphatic rings. The van der Waals surface area contributed by atoms with Crippen molar-refractivity contribution in [3.63, 3.8) is 0 Å². The van der Waals surface area contributed by atoms with Gasteiger partial charge in [0.2, 0.25) is 5.91 Å². The number of nitrogens with one attached hydrogen (secondary N) is 1. The van der Waals surface area contributed by atoms with E-state index < -0.39 is 0 Å². The summed E-state index contributed by atoms with van der Waals surface area (Å²) in [6.07, 6.45) is 0.756. The van der Waals surface area contributed by atoms with Crippen molar-refractivity contribution in [1.29, 1.82) is 0 Å². The second-order valence-corrected chi connectivity index (χ2v) is 6.88. The lowest BCUT2D eigenvalue weighted by atomic mass is 10.1. The van der Waals surface area contributed by atoms with Crippen molar-refractivity contribution in [3.8, 4) is 11.5 Å². The predicted molar refractivity (Wildman–Crippen MR) is 93.5 cm³/mol. The number of aliphatic imine (C=N–C) groups is 1. The first-order chi connectivity index (χ1) is 10.7. The smallest absolute Gasteiger partial charge is 0.230 e. The van der Waals surface area contributed by atoms with Gasteiger partial charge in [-0.25, -0.2) is 0 Å². The maximum Gasteiger partial charge on any atom is 0.230 e. The molecule has 0 atom stereocenters. The Hall–Kier alpha value is -1.34. The van der Waals surface area contributed by atoms with Gasteiger partial charge >= 0.3 is 0 Å². The summed E-state index contributed by atoms with van der Waals surface area (Å²) >= 11 is 3.23. The lowest BCUT2D eigenvalue weighted by Gasteiger charge is -2.10. The van der Waals surface area contributed by atoms with Crippen LogP contribution in [0.3, 0.4) is 0 Å². The first-order valence-electron chi connectivity index (χ1n) is 7.00. The highest BCUT2D eigenvalue weighted by atomic mass is 32.2. The van der Waals surface area contributed by atoms with E-state index in [1.165, 1.54) is 11.8 Å². The number of hydrogen-bond donors (Lipinski definition) is 1. The Morgan fingerprint density at radius 2 is 2.18 bits per heavy atom. The normalized spacial score (nSPS) is 13.6. The van der Waals surface area contributed by atoms with Crippen LogP contribution < -0.4 is 14.8 Å². The van der Waals surface area contributed by atoms with Gasteiger partial charge in [-0.1, -0.05) is 29.6 Å². The van der Waals surface area contributed by atoms with Gasteiger partial charge in [-0.05, 0) is 24.1 Å². The number of carbonyl (C=O) groups is 1. The molecule has 1 N–H and O–H groups in total. The minimum Gasteiger partial charge on any atom is -0.493 e. The Kier molecular flexibility index (Phi) is 6.92. The number of amides is 1. The van der Waals surface area contributed by atoms with Gasteiger partial charge in [0.15, 0.2) is 11.5 Å². The lowest BCUT2D eigenvalue weighted by molar-refractivity contribution is -0.118. The third kappa shape index (κ3) is 5.14. The third-order valence-corrected chi connectivity index (χ3v) is 5.32. The molecule has 0 bridgehead atoms. The fourth-order valence-electron chi connectivity index (χ4n) is 1.96. The Bertz CT molecular complexity index is 550. The molecule has 0 aliphatic carbocycles. The van der Waals surface area contributed by atoms with Crippen LogP contribution in [0.2, 0.25) is 0 Å². The van der Waals surface area contributed by atoms with Crippen LogP contribution in [-0.4, -0.2) is 49.1 Å². The van der Waals surface area contributed by atoms with Crippen molar-refractivity contribution in [2.75, 3.05) is 38.8 Å². The van der Waals surface area contributed by atoms with Gasteiger partial charge in [-0.3, -0.25) is 9.79 Å². The molecule has 0 spiro atoms. The van der Waals surface area contributed by atoms with E-state index in [0.717, 1.165) is 28.7 Å². The number of thioether (sulfide) groups is 2. The Morgan fingerprint density at radius 1 is 1.36 bits per heavy atom. The fourth-order valence-corrected chi connectivity index (χ4v) is 3.80. The maximum atomic E-state index is 11.8. The number of nitrogens with zero attached hydrogens (tertiary/aromatic N) is 1. The number of rotatable bonds is 7. The zero-order valence-corrected chi connectivity index (χ0v) is 14.4. The van der Waals surface area contributed by atoms with E-state index in [4.69, 9.17) is 9.47 Å². The summed E-state index contributed by atoms with van der Waals surface area (Å²) in [6.45, 7) is 1.47. The summed E-state index contributed by atoms with van der Waals surface area (Å²) in [7, 11) is 3.23. The maximum absolute atomic E-state index is 11.8. The summed E-state index contributed by atoms with van der Waals surface area (Å²) in [6, 6.07) is 5.79. The van der Waals surface area contributed by atoms with Gasteiger partial charge in [0.1, 0.15) is 4.38 Å². The van der Waals surface area contributed by atoms with Gasteiger partial charge in [0.25, 0.3) is 0 Å². The molecule has 0 saturated carbocycles. The van der Waals surface area contributed by atoms with Gasteiger partial charge in [0, 0.05) is 12.3 Å². The molecule has 1 aromatic rings. The van der Waals surface area contributed by atoms with Crippen LogP contribution in [0, 0.1) is 0 Å². The second kappa shape index (κ2) is 8.95. The van der Waals surface area contributed by atoms with E-state index in [2.05, 4.69) is 10.3 Å². The summed E-state index contributed by atoms with van der Waals surface area (Å²) < 4.78 is 11.5. The topological polar surface area (TPSA) is 59.9 Å². The van der Waals surface area contributed by atoms with Gasteiger partial charge in [-0.15, -0.1) is 0 Å². The van der Waals surface area contributed by atoms with E-state index in [-0.39, 0.29) is 5.91 Å². The Balaban J connectivity index is 1.72. The number of carbonyl (C=O) groups excluding carboxylic acids is 1. The van der Waals surface area contributed by atoms with Crippen LogP contribution in [0.5, 0.6) is 11.5 Å². The average molecular weight is 340 g/mol. The van der Waals surface area contributed by atoms with Crippen LogP contribution in [0.25, 0.3) is 0 Å². The standard InChI is InChI=1S/C15H20N2O3S2/c1-19-12-4-3-11(9-13(12)20-2)5-6-16-14(18)10-22-15-17-7-8-21-15/h3-4,9H,5-8,10H2,1-2H3,(H,16,18). The Labute approximate surface area is 139 Å². The van der Waals surface area contributed by atoms with Crippen molar-refractivity contribution < 1.29 is 14.3 Å². The van der Waals surface area contributed by atoms with E-state index in [1.807, 2.05) is 18.2 Å². The molecule has 1 amide bonds. The zero-order chi connectivity index (χ0) is 15.8. The molecule has 0 saturated heterocycles. The SMILES string of the molecule is COc1ccc(CCNC(=O)CSC2=NCCS2)cc1OC. The van der Waals surface area contributed by atoms with E-state index in [1.54, 1.807) is 26.0 Å². The number of ether oxygens (including phenoxy) is 2. The fraction of sp³-hybridized carbons (Fsp3) is 0.467.